The van der Waals surface area contributed by atoms with Gasteiger partial charge in [0.15, 0.2) is 5.96 Å². The normalized spacial score (nSPS) is 25.1. The first-order valence-corrected chi connectivity index (χ1v) is 8.16. The zero-order chi connectivity index (χ0) is 14.7. The predicted octanol–water partition coefficient (Wildman–Crippen LogP) is 1.12. The molecule has 2 unspecified atom stereocenters. The maximum Gasteiger partial charge on any atom is 0.191 e. The van der Waals surface area contributed by atoms with E-state index in [0.29, 0.717) is 6.04 Å². The molecule has 3 rings (SSSR count). The standard InChI is InChI=1S/C15H26N6/c1-11-10-12(11)18-15(16-2)17-8-7-14-20-19-13-6-4-3-5-9-21(13)14/h11-12H,3-10H2,1-2H3,(H2,16,17,18). The largest absolute Gasteiger partial charge is 0.356 e. The number of aromatic nitrogens is 3. The first-order chi connectivity index (χ1) is 10.3. The van der Waals surface area contributed by atoms with E-state index in [-0.39, 0.29) is 0 Å². The van der Waals surface area contributed by atoms with Crippen LogP contribution in [0.25, 0.3) is 0 Å². The minimum Gasteiger partial charge on any atom is -0.356 e. The average molecular weight is 290 g/mol. The molecule has 1 aliphatic heterocycles. The van der Waals surface area contributed by atoms with Crippen LogP contribution < -0.4 is 10.6 Å². The average Bonchev–Trinajstić information content (AvgIpc) is 3.13. The van der Waals surface area contributed by atoms with Crippen LogP contribution >= 0.6 is 0 Å². The van der Waals surface area contributed by atoms with Crippen LogP contribution in [0.2, 0.25) is 0 Å². The van der Waals surface area contributed by atoms with Gasteiger partial charge in [-0.05, 0) is 25.2 Å². The molecule has 1 aliphatic carbocycles. The van der Waals surface area contributed by atoms with E-state index in [0.717, 1.165) is 49.5 Å². The molecular weight excluding hydrogens is 264 g/mol. The van der Waals surface area contributed by atoms with Crippen LogP contribution in [0.5, 0.6) is 0 Å². The lowest BCUT2D eigenvalue weighted by atomic mass is 10.2. The van der Waals surface area contributed by atoms with Crippen molar-refractivity contribution in [1.82, 2.24) is 25.4 Å². The van der Waals surface area contributed by atoms with Gasteiger partial charge in [0.05, 0.1) is 0 Å². The van der Waals surface area contributed by atoms with Crippen LogP contribution in [0.3, 0.4) is 0 Å². The summed E-state index contributed by atoms with van der Waals surface area (Å²) in [5, 5.41) is 15.5. The van der Waals surface area contributed by atoms with Gasteiger partial charge in [-0.15, -0.1) is 10.2 Å². The van der Waals surface area contributed by atoms with Gasteiger partial charge in [0.25, 0.3) is 0 Å². The van der Waals surface area contributed by atoms with Crippen LogP contribution in [-0.4, -0.2) is 40.4 Å². The molecule has 2 N–H and O–H groups in total. The highest BCUT2D eigenvalue weighted by Crippen LogP contribution is 2.28. The number of hydrogen-bond acceptors (Lipinski definition) is 3. The second-order valence-corrected chi connectivity index (χ2v) is 6.21. The second-order valence-electron chi connectivity index (χ2n) is 6.21. The van der Waals surface area contributed by atoms with Gasteiger partial charge in [-0.3, -0.25) is 4.99 Å². The van der Waals surface area contributed by atoms with Crippen LogP contribution in [0.4, 0.5) is 0 Å². The summed E-state index contributed by atoms with van der Waals surface area (Å²) in [7, 11) is 1.82. The Labute approximate surface area is 126 Å². The zero-order valence-electron chi connectivity index (χ0n) is 13.1. The Morgan fingerprint density at radius 3 is 2.95 bits per heavy atom. The summed E-state index contributed by atoms with van der Waals surface area (Å²) in [5.41, 5.74) is 0. The summed E-state index contributed by atoms with van der Waals surface area (Å²) in [6.45, 7) is 4.18. The molecule has 0 spiro atoms. The molecule has 6 heteroatoms. The van der Waals surface area contributed by atoms with Crippen molar-refractivity contribution in [2.75, 3.05) is 13.6 Å². The highest BCUT2D eigenvalue weighted by molar-refractivity contribution is 5.80. The highest BCUT2D eigenvalue weighted by Gasteiger charge is 2.33. The molecule has 2 aliphatic rings. The number of rotatable bonds is 4. The molecule has 2 atom stereocenters. The molecule has 1 aromatic heterocycles. The fourth-order valence-corrected chi connectivity index (χ4v) is 2.92. The van der Waals surface area contributed by atoms with Crippen molar-refractivity contribution in [3.8, 4) is 0 Å². The Kier molecular flexibility index (Phi) is 4.41. The van der Waals surface area contributed by atoms with E-state index in [2.05, 4.69) is 37.3 Å². The van der Waals surface area contributed by atoms with Gasteiger partial charge in [-0.25, -0.2) is 0 Å². The first kappa shape index (κ1) is 14.4. The lowest BCUT2D eigenvalue weighted by Crippen LogP contribution is -2.40. The number of aliphatic imine (C=N–C) groups is 1. The van der Waals surface area contributed by atoms with E-state index in [9.17, 15) is 0 Å². The summed E-state index contributed by atoms with van der Waals surface area (Å²) in [4.78, 5) is 4.28. The number of fused-ring (bicyclic) bond motifs is 1. The fraction of sp³-hybridized carbons (Fsp3) is 0.800. The zero-order valence-corrected chi connectivity index (χ0v) is 13.1. The lowest BCUT2D eigenvalue weighted by molar-refractivity contribution is 0.600. The van der Waals surface area contributed by atoms with Crippen LogP contribution in [-0.2, 0) is 19.4 Å². The summed E-state index contributed by atoms with van der Waals surface area (Å²) < 4.78 is 2.31. The quantitative estimate of drug-likeness (QED) is 0.644. The third-order valence-corrected chi connectivity index (χ3v) is 4.48. The first-order valence-electron chi connectivity index (χ1n) is 8.16. The van der Waals surface area contributed by atoms with Gasteiger partial charge in [0.1, 0.15) is 11.6 Å². The molecule has 1 saturated carbocycles. The minimum absolute atomic E-state index is 0.598. The molecular formula is C15H26N6. The molecule has 1 aromatic rings. The van der Waals surface area contributed by atoms with Crippen LogP contribution in [0.15, 0.2) is 4.99 Å². The van der Waals surface area contributed by atoms with Gasteiger partial charge in [-0.2, -0.15) is 0 Å². The van der Waals surface area contributed by atoms with E-state index >= 15 is 0 Å². The molecule has 0 aromatic carbocycles. The molecule has 0 saturated heterocycles. The number of hydrogen-bond donors (Lipinski definition) is 2. The molecule has 1 fully saturated rings. The molecule has 6 nitrogen and oxygen atoms in total. The van der Waals surface area contributed by atoms with Gasteiger partial charge >= 0.3 is 0 Å². The number of guanidine groups is 1. The molecule has 0 amide bonds. The summed E-state index contributed by atoms with van der Waals surface area (Å²) >= 11 is 0. The molecule has 2 heterocycles. The van der Waals surface area contributed by atoms with Gasteiger partial charge in [0.2, 0.25) is 0 Å². The van der Waals surface area contributed by atoms with Crippen molar-refractivity contribution >= 4 is 5.96 Å². The Morgan fingerprint density at radius 1 is 1.33 bits per heavy atom. The van der Waals surface area contributed by atoms with E-state index in [1.54, 1.807) is 0 Å². The monoisotopic (exact) mass is 290 g/mol. The Balaban J connectivity index is 1.50. The molecule has 0 radical (unpaired) electrons. The fourth-order valence-electron chi connectivity index (χ4n) is 2.92. The summed E-state index contributed by atoms with van der Waals surface area (Å²) in [6.07, 6.45) is 7.01. The Hall–Kier alpha value is -1.59. The maximum atomic E-state index is 4.36. The van der Waals surface area contributed by atoms with Crippen molar-refractivity contribution in [3.63, 3.8) is 0 Å². The van der Waals surface area contributed by atoms with Crippen molar-refractivity contribution in [2.45, 2.75) is 58.0 Å². The van der Waals surface area contributed by atoms with Crippen LogP contribution in [0.1, 0.15) is 44.3 Å². The Morgan fingerprint density at radius 2 is 2.19 bits per heavy atom. The third kappa shape index (κ3) is 3.54. The summed E-state index contributed by atoms with van der Waals surface area (Å²) in [6, 6.07) is 0.598. The smallest absolute Gasteiger partial charge is 0.191 e. The van der Waals surface area contributed by atoms with Gasteiger partial charge in [-0.1, -0.05) is 13.3 Å². The predicted molar refractivity (Wildman–Crippen MR) is 83.3 cm³/mol. The van der Waals surface area contributed by atoms with Crippen molar-refractivity contribution in [3.05, 3.63) is 11.6 Å². The minimum atomic E-state index is 0.598. The number of aryl methyl sites for hydroxylation is 1. The molecule has 0 bridgehead atoms. The topological polar surface area (TPSA) is 67.1 Å². The molecule has 116 valence electrons. The van der Waals surface area contributed by atoms with E-state index in [1.807, 2.05) is 7.05 Å². The summed E-state index contributed by atoms with van der Waals surface area (Å²) in [5.74, 6) is 3.95. The third-order valence-electron chi connectivity index (χ3n) is 4.48. The maximum absolute atomic E-state index is 4.36. The number of nitrogens with zero attached hydrogens (tertiary/aromatic N) is 4. The molecule has 21 heavy (non-hydrogen) atoms. The van der Waals surface area contributed by atoms with Crippen molar-refractivity contribution < 1.29 is 0 Å². The Bertz CT molecular complexity index is 506. The second kappa shape index (κ2) is 6.45. The number of nitrogens with one attached hydrogen (secondary N) is 2. The highest BCUT2D eigenvalue weighted by atomic mass is 15.3. The van der Waals surface area contributed by atoms with Crippen molar-refractivity contribution in [2.24, 2.45) is 10.9 Å². The SMILES string of the molecule is CN=C(NCCc1nnc2n1CCCCC2)NC1CC1C. The van der Waals surface area contributed by atoms with Gasteiger partial charge < -0.3 is 15.2 Å². The van der Waals surface area contributed by atoms with E-state index in [1.165, 1.54) is 25.7 Å². The van der Waals surface area contributed by atoms with E-state index in [4.69, 9.17) is 0 Å². The van der Waals surface area contributed by atoms with Crippen molar-refractivity contribution in [1.29, 1.82) is 0 Å². The van der Waals surface area contributed by atoms with Crippen LogP contribution in [0, 0.1) is 5.92 Å². The van der Waals surface area contributed by atoms with Gasteiger partial charge in [0, 0.05) is 39.0 Å². The van der Waals surface area contributed by atoms with E-state index < -0.39 is 0 Å². The lowest BCUT2D eigenvalue weighted by Gasteiger charge is -2.12.